The molecule has 0 aliphatic carbocycles. The van der Waals surface area contributed by atoms with Crippen molar-refractivity contribution in [1.29, 1.82) is 0 Å². The number of ether oxygens (including phenoxy) is 2. The second-order valence-corrected chi connectivity index (χ2v) is 6.67. The van der Waals surface area contributed by atoms with Crippen LogP contribution in [0.4, 0.5) is 5.69 Å². The summed E-state index contributed by atoms with van der Waals surface area (Å²) in [6, 6.07) is 15.3. The van der Waals surface area contributed by atoms with E-state index in [1.54, 1.807) is 36.4 Å². The zero-order valence-electron chi connectivity index (χ0n) is 15.1. The molecule has 0 spiro atoms. The lowest BCUT2D eigenvalue weighted by Gasteiger charge is -2.11. The van der Waals surface area contributed by atoms with Gasteiger partial charge in [0.05, 0.1) is 11.3 Å². The number of nitrogens with one attached hydrogen (secondary N) is 2. The average molecular weight is 410 g/mol. The molecule has 0 bridgehead atoms. The summed E-state index contributed by atoms with van der Waals surface area (Å²) in [5.41, 5.74) is 1.74. The molecule has 1 aliphatic heterocycles. The highest BCUT2D eigenvalue weighted by Gasteiger charge is 2.16. The smallest absolute Gasteiger partial charge is 0.274 e. The normalized spacial score (nSPS) is 11.8. The van der Waals surface area contributed by atoms with E-state index in [1.165, 1.54) is 12.3 Å². The van der Waals surface area contributed by atoms with Gasteiger partial charge in [0.1, 0.15) is 5.69 Å². The molecule has 7 nitrogen and oxygen atoms in total. The first-order valence-corrected chi connectivity index (χ1v) is 9.16. The van der Waals surface area contributed by atoms with Gasteiger partial charge in [0, 0.05) is 17.8 Å². The van der Waals surface area contributed by atoms with E-state index in [9.17, 15) is 9.59 Å². The summed E-state index contributed by atoms with van der Waals surface area (Å²) in [6.07, 6.45) is 1.45. The Labute approximate surface area is 171 Å². The van der Waals surface area contributed by atoms with Crippen LogP contribution >= 0.6 is 11.6 Å². The van der Waals surface area contributed by atoms with Crippen LogP contribution in [0.15, 0.2) is 60.8 Å². The number of halogens is 1. The van der Waals surface area contributed by atoms with E-state index in [0.29, 0.717) is 34.3 Å². The standard InChI is InChI=1S/C21H16ClN3O4/c22-14-7-8-23-17(10-14)21(27)25-16-4-2-1-3-15(16)20(26)24-11-13-5-6-18-19(9-13)29-12-28-18/h1-10H,11-12H2,(H,24,26)(H,25,27). The monoisotopic (exact) mass is 409 g/mol. The van der Waals surface area contributed by atoms with E-state index in [-0.39, 0.29) is 18.4 Å². The summed E-state index contributed by atoms with van der Waals surface area (Å²) < 4.78 is 10.6. The Bertz CT molecular complexity index is 1090. The number of para-hydroxylation sites is 1. The Balaban J connectivity index is 1.46. The number of benzene rings is 2. The number of amides is 2. The number of hydrogen-bond donors (Lipinski definition) is 2. The van der Waals surface area contributed by atoms with Crippen molar-refractivity contribution in [3.8, 4) is 11.5 Å². The predicted octanol–water partition coefficient (Wildman–Crippen LogP) is 3.65. The van der Waals surface area contributed by atoms with E-state index < -0.39 is 5.91 Å². The summed E-state index contributed by atoms with van der Waals surface area (Å²) in [5, 5.41) is 5.96. The van der Waals surface area contributed by atoms with Gasteiger partial charge < -0.3 is 20.1 Å². The molecule has 0 atom stereocenters. The quantitative estimate of drug-likeness (QED) is 0.671. The summed E-state index contributed by atoms with van der Waals surface area (Å²) in [4.78, 5) is 29.1. The van der Waals surface area contributed by atoms with E-state index in [1.807, 2.05) is 12.1 Å². The summed E-state index contributed by atoms with van der Waals surface area (Å²) in [7, 11) is 0. The zero-order chi connectivity index (χ0) is 20.2. The van der Waals surface area contributed by atoms with Gasteiger partial charge in [0.15, 0.2) is 11.5 Å². The number of nitrogens with zero attached hydrogens (tertiary/aromatic N) is 1. The molecule has 0 radical (unpaired) electrons. The highest BCUT2D eigenvalue weighted by molar-refractivity contribution is 6.31. The van der Waals surface area contributed by atoms with Crippen molar-refractivity contribution < 1.29 is 19.1 Å². The summed E-state index contributed by atoms with van der Waals surface area (Å²) in [5.74, 6) is 0.558. The van der Waals surface area contributed by atoms with Crippen molar-refractivity contribution in [2.75, 3.05) is 12.1 Å². The molecule has 29 heavy (non-hydrogen) atoms. The lowest BCUT2D eigenvalue weighted by molar-refractivity contribution is 0.0951. The van der Waals surface area contributed by atoms with Crippen molar-refractivity contribution >= 4 is 29.1 Å². The van der Waals surface area contributed by atoms with Gasteiger partial charge in [0.2, 0.25) is 6.79 Å². The second kappa shape index (κ2) is 8.20. The van der Waals surface area contributed by atoms with Crippen LogP contribution in [0.2, 0.25) is 5.02 Å². The minimum atomic E-state index is -0.455. The number of carbonyl (C=O) groups is 2. The third-order valence-corrected chi connectivity index (χ3v) is 4.50. The molecule has 0 saturated carbocycles. The molecule has 2 heterocycles. The SMILES string of the molecule is O=C(Nc1ccccc1C(=O)NCc1ccc2c(c1)OCO2)c1cc(Cl)ccn1. The number of pyridine rings is 1. The molecular weight excluding hydrogens is 394 g/mol. The Hall–Kier alpha value is -3.58. The van der Waals surface area contributed by atoms with Crippen LogP contribution in [-0.4, -0.2) is 23.6 Å². The summed E-state index contributed by atoms with van der Waals surface area (Å²) in [6.45, 7) is 0.493. The molecule has 2 N–H and O–H groups in total. The number of rotatable bonds is 5. The molecule has 1 aromatic heterocycles. The maximum absolute atomic E-state index is 12.7. The number of carbonyl (C=O) groups excluding carboxylic acids is 2. The van der Waals surface area contributed by atoms with Crippen LogP contribution < -0.4 is 20.1 Å². The van der Waals surface area contributed by atoms with Crippen molar-refractivity contribution in [3.05, 3.63) is 82.6 Å². The topological polar surface area (TPSA) is 89.6 Å². The molecule has 2 amide bonds. The first-order valence-electron chi connectivity index (χ1n) is 8.79. The molecule has 3 aromatic rings. The van der Waals surface area contributed by atoms with E-state index >= 15 is 0 Å². The van der Waals surface area contributed by atoms with Gasteiger partial charge in [-0.2, -0.15) is 0 Å². The largest absolute Gasteiger partial charge is 0.454 e. The van der Waals surface area contributed by atoms with Gasteiger partial charge in [-0.15, -0.1) is 0 Å². The van der Waals surface area contributed by atoms with Gasteiger partial charge in [-0.1, -0.05) is 29.8 Å². The van der Waals surface area contributed by atoms with Crippen LogP contribution in [0.3, 0.4) is 0 Å². The van der Waals surface area contributed by atoms with Crippen LogP contribution in [0, 0.1) is 0 Å². The lowest BCUT2D eigenvalue weighted by Crippen LogP contribution is -2.25. The van der Waals surface area contributed by atoms with E-state index in [4.69, 9.17) is 21.1 Å². The van der Waals surface area contributed by atoms with Gasteiger partial charge >= 0.3 is 0 Å². The molecule has 4 rings (SSSR count). The fourth-order valence-corrected chi connectivity index (χ4v) is 2.99. The zero-order valence-corrected chi connectivity index (χ0v) is 15.9. The highest BCUT2D eigenvalue weighted by Crippen LogP contribution is 2.32. The van der Waals surface area contributed by atoms with Crippen molar-refractivity contribution in [1.82, 2.24) is 10.3 Å². The average Bonchev–Trinajstić information content (AvgIpc) is 3.20. The first-order chi connectivity index (χ1) is 14.1. The van der Waals surface area contributed by atoms with Crippen LogP contribution in [0.1, 0.15) is 26.4 Å². The Kier molecular flexibility index (Phi) is 5.31. The third-order valence-electron chi connectivity index (χ3n) is 4.26. The van der Waals surface area contributed by atoms with Crippen molar-refractivity contribution in [2.45, 2.75) is 6.54 Å². The molecule has 2 aromatic carbocycles. The number of anilines is 1. The number of aromatic nitrogens is 1. The maximum atomic E-state index is 12.7. The molecule has 146 valence electrons. The second-order valence-electron chi connectivity index (χ2n) is 6.23. The highest BCUT2D eigenvalue weighted by atomic mass is 35.5. The molecule has 0 fully saturated rings. The van der Waals surface area contributed by atoms with Gasteiger partial charge in [0.25, 0.3) is 11.8 Å². The van der Waals surface area contributed by atoms with E-state index in [0.717, 1.165) is 5.56 Å². The van der Waals surface area contributed by atoms with Gasteiger partial charge in [-0.25, -0.2) is 0 Å². The lowest BCUT2D eigenvalue weighted by atomic mass is 10.1. The Morgan fingerprint density at radius 2 is 1.83 bits per heavy atom. The fourth-order valence-electron chi connectivity index (χ4n) is 2.83. The molecule has 1 aliphatic rings. The Morgan fingerprint density at radius 3 is 2.69 bits per heavy atom. The molecule has 0 saturated heterocycles. The van der Waals surface area contributed by atoms with Crippen molar-refractivity contribution in [2.24, 2.45) is 0 Å². The Morgan fingerprint density at radius 1 is 1.00 bits per heavy atom. The number of fused-ring (bicyclic) bond motifs is 1. The van der Waals surface area contributed by atoms with E-state index in [2.05, 4.69) is 15.6 Å². The molecule has 0 unspecified atom stereocenters. The van der Waals surface area contributed by atoms with Crippen LogP contribution in [0.25, 0.3) is 0 Å². The maximum Gasteiger partial charge on any atom is 0.274 e. The molecular formula is C21H16ClN3O4. The molecule has 8 heteroatoms. The fraction of sp³-hybridized carbons (Fsp3) is 0.0952. The summed E-state index contributed by atoms with van der Waals surface area (Å²) >= 11 is 5.91. The van der Waals surface area contributed by atoms with Gasteiger partial charge in [-0.3, -0.25) is 14.6 Å². The third kappa shape index (κ3) is 4.30. The predicted molar refractivity (Wildman–Crippen MR) is 107 cm³/mol. The van der Waals surface area contributed by atoms with Crippen LogP contribution in [0.5, 0.6) is 11.5 Å². The number of hydrogen-bond acceptors (Lipinski definition) is 5. The van der Waals surface area contributed by atoms with Gasteiger partial charge in [-0.05, 0) is 42.0 Å². The minimum Gasteiger partial charge on any atom is -0.454 e. The minimum absolute atomic E-state index is 0.160. The first kappa shape index (κ1) is 18.8. The van der Waals surface area contributed by atoms with Crippen molar-refractivity contribution in [3.63, 3.8) is 0 Å². The van der Waals surface area contributed by atoms with Crippen LogP contribution in [-0.2, 0) is 6.54 Å².